The van der Waals surface area contributed by atoms with Crippen molar-refractivity contribution in [3.63, 3.8) is 0 Å². The largest absolute Gasteiger partial charge is 0.458 e. The van der Waals surface area contributed by atoms with E-state index in [0.717, 1.165) is 27.6 Å². The van der Waals surface area contributed by atoms with Crippen LogP contribution in [0.1, 0.15) is 36.7 Å². The van der Waals surface area contributed by atoms with Crippen LogP contribution in [0, 0.1) is 6.92 Å². The van der Waals surface area contributed by atoms with E-state index in [1.54, 1.807) is 12.3 Å². The van der Waals surface area contributed by atoms with E-state index in [-0.39, 0.29) is 18.0 Å². The van der Waals surface area contributed by atoms with Gasteiger partial charge in [0.1, 0.15) is 18.2 Å². The molecule has 3 rings (SSSR count). The summed E-state index contributed by atoms with van der Waals surface area (Å²) in [5.41, 5.74) is 3.81. The molecule has 3 aromatic rings. The van der Waals surface area contributed by atoms with Crippen molar-refractivity contribution in [3.05, 3.63) is 61.6 Å². The highest BCUT2D eigenvalue weighted by molar-refractivity contribution is 7.13. The fraction of sp³-hybridized carbons (Fsp3) is 0.316. The van der Waals surface area contributed by atoms with Crippen LogP contribution in [0.2, 0.25) is 0 Å². The quantitative estimate of drug-likeness (QED) is 0.594. The number of aryl methyl sites for hydroxylation is 1. The topological polar surface area (TPSA) is 61.2 Å². The highest BCUT2D eigenvalue weighted by Crippen LogP contribution is 2.26. The fourth-order valence-electron chi connectivity index (χ4n) is 2.44. The lowest BCUT2D eigenvalue weighted by molar-refractivity contribution is -0.145. The second-order valence-corrected chi connectivity index (χ2v) is 7.99. The number of rotatable bonds is 6. The summed E-state index contributed by atoms with van der Waals surface area (Å²) in [5, 5.41) is 4.52. The van der Waals surface area contributed by atoms with E-state index in [0.29, 0.717) is 11.6 Å². The molecule has 0 fully saturated rings. The number of esters is 1. The summed E-state index contributed by atoms with van der Waals surface area (Å²) in [7, 11) is 0. The first kappa shape index (κ1) is 18.5. The molecule has 0 bridgehead atoms. The smallest absolute Gasteiger partial charge is 0.326 e. The Kier molecular flexibility index (Phi) is 5.68. The Balaban J connectivity index is 1.60. The molecule has 0 N–H and O–H groups in total. The van der Waals surface area contributed by atoms with E-state index in [4.69, 9.17) is 4.74 Å². The van der Waals surface area contributed by atoms with E-state index in [9.17, 15) is 9.59 Å². The van der Waals surface area contributed by atoms with Crippen molar-refractivity contribution < 1.29 is 9.53 Å². The van der Waals surface area contributed by atoms with Gasteiger partial charge in [-0.05, 0) is 18.4 Å². The Morgan fingerprint density at radius 2 is 1.92 bits per heavy atom. The number of carbonyl (C=O) groups excluding carboxylic acids is 1. The van der Waals surface area contributed by atoms with Gasteiger partial charge in [-0.1, -0.05) is 49.4 Å². The number of benzene rings is 1. The van der Waals surface area contributed by atoms with Crippen LogP contribution in [-0.2, 0) is 22.7 Å². The zero-order chi connectivity index (χ0) is 18.7. The third kappa shape index (κ3) is 4.28. The lowest BCUT2D eigenvalue weighted by Crippen LogP contribution is -2.22. The van der Waals surface area contributed by atoms with Crippen molar-refractivity contribution >= 4 is 28.6 Å². The van der Waals surface area contributed by atoms with Crippen molar-refractivity contribution in [2.24, 2.45) is 0 Å². The molecule has 26 heavy (non-hydrogen) atoms. The third-order valence-electron chi connectivity index (χ3n) is 4.02. The average molecular weight is 389 g/mol. The van der Waals surface area contributed by atoms with Crippen LogP contribution < -0.4 is 4.87 Å². The van der Waals surface area contributed by atoms with E-state index in [2.05, 4.69) is 43.1 Å². The van der Waals surface area contributed by atoms with Gasteiger partial charge in [-0.15, -0.1) is 11.3 Å². The fourth-order valence-corrected chi connectivity index (χ4v) is 3.99. The molecular weight excluding hydrogens is 368 g/mol. The number of hydrogen-bond acceptors (Lipinski definition) is 6. The summed E-state index contributed by atoms with van der Waals surface area (Å²) < 4.78 is 6.67. The maximum Gasteiger partial charge on any atom is 0.326 e. The number of nitrogens with zero attached hydrogens (tertiary/aromatic N) is 2. The molecule has 0 radical (unpaired) electrons. The molecule has 0 saturated heterocycles. The van der Waals surface area contributed by atoms with Gasteiger partial charge in [0, 0.05) is 22.0 Å². The summed E-state index contributed by atoms with van der Waals surface area (Å²) in [5.74, 6) is 0.0547. The lowest BCUT2D eigenvalue weighted by atomic mass is 10.0. The molecule has 0 unspecified atom stereocenters. The summed E-state index contributed by atoms with van der Waals surface area (Å²) in [6, 6.07) is 8.36. The Morgan fingerprint density at radius 1 is 1.19 bits per heavy atom. The SMILES string of the molecule is Cc1csc(=O)n1CC(=O)OCc1csc(-c2ccc(C(C)C)cc2)n1. The molecule has 0 atom stereocenters. The molecule has 0 saturated carbocycles. The Morgan fingerprint density at radius 3 is 2.54 bits per heavy atom. The molecule has 7 heteroatoms. The molecular formula is C19H20N2O3S2. The standard InChI is InChI=1S/C19H20N2O3S2/c1-12(2)14-4-6-15(7-5-14)18-20-16(11-25-18)9-24-17(22)8-21-13(3)10-26-19(21)23/h4-7,10-12H,8-9H2,1-3H3. The van der Waals surface area contributed by atoms with Crippen molar-refractivity contribution in [2.75, 3.05) is 0 Å². The van der Waals surface area contributed by atoms with E-state index in [1.807, 2.05) is 5.38 Å². The van der Waals surface area contributed by atoms with Crippen molar-refractivity contribution in [2.45, 2.75) is 39.8 Å². The lowest BCUT2D eigenvalue weighted by Gasteiger charge is -2.05. The van der Waals surface area contributed by atoms with E-state index in [1.165, 1.54) is 21.5 Å². The van der Waals surface area contributed by atoms with Gasteiger partial charge in [0.25, 0.3) is 0 Å². The van der Waals surface area contributed by atoms with E-state index < -0.39 is 5.97 Å². The molecule has 0 spiro atoms. The maximum atomic E-state index is 12.0. The van der Waals surface area contributed by atoms with Crippen LogP contribution in [-0.4, -0.2) is 15.5 Å². The number of ether oxygens (including phenoxy) is 1. The molecule has 0 aliphatic rings. The minimum atomic E-state index is -0.440. The van der Waals surface area contributed by atoms with Crippen LogP contribution in [0.4, 0.5) is 0 Å². The van der Waals surface area contributed by atoms with Crippen LogP contribution in [0.3, 0.4) is 0 Å². The number of aromatic nitrogens is 2. The van der Waals surface area contributed by atoms with Crippen molar-refractivity contribution in [3.8, 4) is 10.6 Å². The third-order valence-corrected chi connectivity index (χ3v) is 5.84. The van der Waals surface area contributed by atoms with Gasteiger partial charge in [-0.25, -0.2) is 4.98 Å². The van der Waals surface area contributed by atoms with Crippen molar-refractivity contribution in [1.29, 1.82) is 0 Å². The predicted octanol–water partition coefficient (Wildman–Crippen LogP) is 4.21. The Hall–Kier alpha value is -2.25. The van der Waals surface area contributed by atoms with Gasteiger partial charge in [-0.2, -0.15) is 0 Å². The maximum absolute atomic E-state index is 12.0. The first-order valence-corrected chi connectivity index (χ1v) is 10.0. The molecule has 5 nitrogen and oxygen atoms in total. The summed E-state index contributed by atoms with van der Waals surface area (Å²) in [6.07, 6.45) is 0. The van der Waals surface area contributed by atoms with Crippen molar-refractivity contribution in [1.82, 2.24) is 9.55 Å². The second kappa shape index (κ2) is 7.97. The van der Waals surface area contributed by atoms with Gasteiger partial charge in [0.15, 0.2) is 0 Å². The molecule has 136 valence electrons. The van der Waals surface area contributed by atoms with Gasteiger partial charge in [-0.3, -0.25) is 14.2 Å². The first-order valence-electron chi connectivity index (χ1n) is 8.29. The predicted molar refractivity (Wildman–Crippen MR) is 105 cm³/mol. The Bertz CT molecular complexity index is 952. The van der Waals surface area contributed by atoms with E-state index >= 15 is 0 Å². The van der Waals surface area contributed by atoms with Gasteiger partial charge < -0.3 is 4.74 Å². The minimum Gasteiger partial charge on any atom is -0.458 e. The zero-order valence-corrected chi connectivity index (χ0v) is 16.5. The average Bonchev–Trinajstić information content (AvgIpc) is 3.22. The second-order valence-electron chi connectivity index (χ2n) is 6.31. The van der Waals surface area contributed by atoms with Crippen LogP contribution in [0.15, 0.2) is 39.8 Å². The molecule has 0 aliphatic heterocycles. The van der Waals surface area contributed by atoms with Crippen LogP contribution in [0.25, 0.3) is 10.6 Å². The molecule has 1 aromatic carbocycles. The van der Waals surface area contributed by atoms with Gasteiger partial charge >= 0.3 is 10.8 Å². The first-order chi connectivity index (χ1) is 12.4. The highest BCUT2D eigenvalue weighted by Gasteiger charge is 2.11. The monoisotopic (exact) mass is 388 g/mol. The normalized spacial score (nSPS) is 11.1. The number of thiazole rings is 2. The minimum absolute atomic E-state index is 0.0676. The molecule has 0 amide bonds. The zero-order valence-electron chi connectivity index (χ0n) is 14.9. The van der Waals surface area contributed by atoms with Crippen LogP contribution >= 0.6 is 22.7 Å². The summed E-state index contributed by atoms with van der Waals surface area (Å²) in [4.78, 5) is 28.0. The Labute approximate surface area is 159 Å². The van der Waals surface area contributed by atoms with Crippen LogP contribution in [0.5, 0.6) is 0 Å². The molecule has 2 aromatic heterocycles. The number of carbonyl (C=O) groups is 1. The van der Waals surface area contributed by atoms with Gasteiger partial charge in [0.2, 0.25) is 0 Å². The summed E-state index contributed by atoms with van der Waals surface area (Å²) in [6.45, 7) is 6.16. The molecule has 0 aliphatic carbocycles. The number of hydrogen-bond donors (Lipinski definition) is 0. The van der Waals surface area contributed by atoms with Gasteiger partial charge in [0.05, 0.1) is 5.69 Å². The highest BCUT2D eigenvalue weighted by atomic mass is 32.1. The summed E-state index contributed by atoms with van der Waals surface area (Å²) >= 11 is 2.60. The molecule has 2 heterocycles.